The van der Waals surface area contributed by atoms with E-state index in [0.717, 1.165) is 17.0 Å². The van der Waals surface area contributed by atoms with E-state index in [9.17, 15) is 0 Å². The van der Waals surface area contributed by atoms with Gasteiger partial charge in [0.25, 0.3) is 0 Å². The molecule has 2 nitrogen and oxygen atoms in total. The quantitative estimate of drug-likeness (QED) is 0.743. The highest BCUT2D eigenvalue weighted by atomic mass is 35.5. The molecule has 0 saturated carbocycles. The van der Waals surface area contributed by atoms with Gasteiger partial charge in [-0.1, -0.05) is 26.0 Å². The molecule has 3 heteroatoms. The van der Waals surface area contributed by atoms with Crippen LogP contribution in [0.3, 0.4) is 0 Å². The van der Waals surface area contributed by atoms with Crippen LogP contribution in [0.1, 0.15) is 19.7 Å². The van der Waals surface area contributed by atoms with E-state index in [0.29, 0.717) is 12.3 Å². The highest BCUT2D eigenvalue weighted by molar-refractivity contribution is 6.20. The molecule has 1 aromatic carbocycles. The molecule has 1 unspecified atom stereocenters. The molecule has 15 heavy (non-hydrogen) atoms. The molecule has 0 aliphatic heterocycles. The Balaban J connectivity index is 2.22. The van der Waals surface area contributed by atoms with Crippen molar-refractivity contribution in [3.8, 4) is 0 Å². The summed E-state index contributed by atoms with van der Waals surface area (Å²) in [5, 5.41) is 0.0815. The highest BCUT2D eigenvalue weighted by Gasteiger charge is 2.14. The van der Waals surface area contributed by atoms with Gasteiger partial charge in [0.15, 0.2) is 11.5 Å². The summed E-state index contributed by atoms with van der Waals surface area (Å²) >= 11 is 6.18. The number of benzene rings is 1. The third-order valence-corrected chi connectivity index (χ3v) is 3.09. The smallest absolute Gasteiger partial charge is 0.196 e. The lowest BCUT2D eigenvalue weighted by Gasteiger charge is -2.09. The molecule has 0 bridgehead atoms. The third kappa shape index (κ3) is 2.32. The number of oxazole rings is 1. The van der Waals surface area contributed by atoms with E-state index in [-0.39, 0.29) is 5.38 Å². The van der Waals surface area contributed by atoms with Gasteiger partial charge in [-0.2, -0.15) is 0 Å². The maximum atomic E-state index is 6.18. The number of para-hydroxylation sites is 2. The zero-order valence-corrected chi connectivity index (χ0v) is 9.66. The Morgan fingerprint density at radius 3 is 2.73 bits per heavy atom. The Kier molecular flexibility index (Phi) is 2.96. The lowest BCUT2D eigenvalue weighted by atomic mass is 10.1. The number of fused-ring (bicyclic) bond motifs is 1. The van der Waals surface area contributed by atoms with Crippen LogP contribution >= 0.6 is 11.6 Å². The second-order valence-corrected chi connectivity index (χ2v) is 4.60. The minimum Gasteiger partial charge on any atom is -0.441 e. The summed E-state index contributed by atoms with van der Waals surface area (Å²) in [5.41, 5.74) is 1.74. The predicted molar refractivity (Wildman–Crippen MR) is 62.2 cm³/mol. The minimum absolute atomic E-state index is 0.0815. The first-order chi connectivity index (χ1) is 7.16. The van der Waals surface area contributed by atoms with Gasteiger partial charge in [-0.25, -0.2) is 4.98 Å². The summed E-state index contributed by atoms with van der Waals surface area (Å²) in [6.07, 6.45) is 0.688. The van der Waals surface area contributed by atoms with Gasteiger partial charge in [-0.3, -0.25) is 0 Å². The van der Waals surface area contributed by atoms with Crippen molar-refractivity contribution in [2.45, 2.75) is 25.6 Å². The second kappa shape index (κ2) is 4.23. The Hall–Kier alpha value is -1.02. The molecule has 0 radical (unpaired) electrons. The Morgan fingerprint density at radius 2 is 2.07 bits per heavy atom. The van der Waals surface area contributed by atoms with Crippen molar-refractivity contribution in [2.24, 2.45) is 5.92 Å². The van der Waals surface area contributed by atoms with Crippen LogP contribution in [-0.4, -0.2) is 10.4 Å². The molecule has 2 rings (SSSR count). The van der Waals surface area contributed by atoms with E-state index >= 15 is 0 Å². The first kappa shape index (κ1) is 10.5. The van der Waals surface area contributed by atoms with E-state index in [1.54, 1.807) is 0 Å². The molecule has 0 aliphatic carbocycles. The average Bonchev–Trinajstić information content (AvgIpc) is 2.59. The highest BCUT2D eigenvalue weighted by Crippen LogP contribution is 2.19. The van der Waals surface area contributed by atoms with E-state index in [4.69, 9.17) is 16.0 Å². The molecule has 0 N–H and O–H groups in total. The fourth-order valence-electron chi connectivity index (χ4n) is 1.41. The first-order valence-electron chi connectivity index (χ1n) is 5.15. The van der Waals surface area contributed by atoms with Crippen molar-refractivity contribution in [1.29, 1.82) is 0 Å². The fraction of sp³-hybridized carbons (Fsp3) is 0.417. The Bertz CT molecular complexity index is 417. The molecule has 0 fully saturated rings. The van der Waals surface area contributed by atoms with Crippen LogP contribution in [0.15, 0.2) is 28.7 Å². The maximum Gasteiger partial charge on any atom is 0.196 e. The lowest BCUT2D eigenvalue weighted by Crippen LogP contribution is -2.11. The number of hydrogen-bond acceptors (Lipinski definition) is 2. The molecule has 1 heterocycles. The van der Waals surface area contributed by atoms with Crippen molar-refractivity contribution >= 4 is 22.7 Å². The van der Waals surface area contributed by atoms with E-state index in [1.165, 1.54) is 0 Å². The molecule has 0 aliphatic rings. The van der Waals surface area contributed by atoms with E-state index < -0.39 is 0 Å². The standard InChI is InChI=1S/C12H14ClNO/c1-8(2)9(13)7-12-14-10-5-3-4-6-11(10)15-12/h3-6,8-9H,7H2,1-2H3. The SMILES string of the molecule is CC(C)C(Cl)Cc1nc2ccccc2o1. The van der Waals surface area contributed by atoms with Crippen molar-refractivity contribution in [2.75, 3.05) is 0 Å². The number of alkyl halides is 1. The maximum absolute atomic E-state index is 6.18. The number of nitrogens with zero attached hydrogens (tertiary/aromatic N) is 1. The van der Waals surface area contributed by atoms with Gasteiger partial charge < -0.3 is 4.42 Å². The van der Waals surface area contributed by atoms with Gasteiger partial charge in [0.1, 0.15) is 5.52 Å². The van der Waals surface area contributed by atoms with Crippen LogP contribution in [0, 0.1) is 5.92 Å². The third-order valence-electron chi connectivity index (χ3n) is 2.43. The fourth-order valence-corrected chi connectivity index (χ4v) is 1.54. The van der Waals surface area contributed by atoms with Crippen molar-refractivity contribution in [1.82, 2.24) is 4.98 Å². The van der Waals surface area contributed by atoms with Crippen LogP contribution in [0.5, 0.6) is 0 Å². The normalized spacial score (nSPS) is 13.6. The average molecular weight is 224 g/mol. The van der Waals surface area contributed by atoms with Crippen molar-refractivity contribution < 1.29 is 4.42 Å². The largest absolute Gasteiger partial charge is 0.441 e. The lowest BCUT2D eigenvalue weighted by molar-refractivity contribution is 0.489. The van der Waals surface area contributed by atoms with Gasteiger partial charge in [0, 0.05) is 11.8 Å². The van der Waals surface area contributed by atoms with Crippen molar-refractivity contribution in [3.63, 3.8) is 0 Å². The topological polar surface area (TPSA) is 26.0 Å². The Morgan fingerprint density at radius 1 is 1.33 bits per heavy atom. The number of halogens is 1. The summed E-state index contributed by atoms with van der Waals surface area (Å²) in [5.74, 6) is 1.16. The molecule has 2 aromatic rings. The van der Waals surface area contributed by atoms with Crippen LogP contribution in [0.4, 0.5) is 0 Å². The van der Waals surface area contributed by atoms with E-state index in [2.05, 4.69) is 18.8 Å². The Labute approximate surface area is 94.3 Å². The van der Waals surface area contributed by atoms with Crippen LogP contribution in [-0.2, 0) is 6.42 Å². The zero-order chi connectivity index (χ0) is 10.8. The van der Waals surface area contributed by atoms with Crippen LogP contribution in [0.25, 0.3) is 11.1 Å². The molecule has 80 valence electrons. The number of rotatable bonds is 3. The summed E-state index contributed by atoms with van der Waals surface area (Å²) in [6.45, 7) is 4.20. The second-order valence-electron chi connectivity index (χ2n) is 4.04. The molecule has 1 atom stereocenters. The summed E-state index contributed by atoms with van der Waals surface area (Å²) < 4.78 is 5.59. The summed E-state index contributed by atoms with van der Waals surface area (Å²) in [6, 6.07) is 7.76. The van der Waals surface area contributed by atoms with Gasteiger partial charge in [-0.05, 0) is 18.1 Å². The van der Waals surface area contributed by atoms with Gasteiger partial charge >= 0.3 is 0 Å². The number of aromatic nitrogens is 1. The monoisotopic (exact) mass is 223 g/mol. The predicted octanol–water partition coefficient (Wildman–Crippen LogP) is 3.63. The van der Waals surface area contributed by atoms with Gasteiger partial charge in [-0.15, -0.1) is 11.6 Å². The minimum atomic E-state index is 0.0815. The molecule has 0 saturated heterocycles. The zero-order valence-electron chi connectivity index (χ0n) is 8.90. The van der Waals surface area contributed by atoms with Crippen LogP contribution in [0.2, 0.25) is 0 Å². The van der Waals surface area contributed by atoms with Gasteiger partial charge in [0.2, 0.25) is 0 Å². The molecular formula is C12H14ClNO. The molecule has 1 aromatic heterocycles. The summed E-state index contributed by atoms with van der Waals surface area (Å²) in [7, 11) is 0. The summed E-state index contributed by atoms with van der Waals surface area (Å²) in [4.78, 5) is 4.38. The van der Waals surface area contributed by atoms with Crippen LogP contribution < -0.4 is 0 Å². The molecule has 0 spiro atoms. The van der Waals surface area contributed by atoms with Gasteiger partial charge in [0.05, 0.1) is 0 Å². The molecular weight excluding hydrogens is 210 g/mol. The molecule has 0 amide bonds. The van der Waals surface area contributed by atoms with Crippen molar-refractivity contribution in [3.05, 3.63) is 30.2 Å². The first-order valence-corrected chi connectivity index (χ1v) is 5.59. The van der Waals surface area contributed by atoms with E-state index in [1.807, 2.05) is 24.3 Å². The number of hydrogen-bond donors (Lipinski definition) is 0.